The molecule has 2 N–H and O–H groups in total. The SMILES string of the molecule is Cn1c(=O)c(C(=O)O)c(O)c2c(C(F)(F)F)cccc21. The molecular weight excluding hydrogens is 279 g/mol. The second-order valence-electron chi connectivity index (χ2n) is 4.09. The van der Waals surface area contributed by atoms with Gasteiger partial charge in [-0.1, -0.05) is 6.07 Å². The average molecular weight is 287 g/mol. The predicted octanol–water partition coefficient (Wildman–Crippen LogP) is 1.96. The van der Waals surface area contributed by atoms with E-state index in [1.807, 2.05) is 0 Å². The van der Waals surface area contributed by atoms with E-state index < -0.39 is 40.0 Å². The van der Waals surface area contributed by atoms with Gasteiger partial charge >= 0.3 is 12.1 Å². The first-order valence-electron chi connectivity index (χ1n) is 5.31. The molecule has 1 aromatic heterocycles. The molecule has 2 aromatic rings. The van der Waals surface area contributed by atoms with E-state index in [1.54, 1.807) is 0 Å². The van der Waals surface area contributed by atoms with Crippen molar-refractivity contribution in [2.75, 3.05) is 0 Å². The third-order valence-electron chi connectivity index (χ3n) is 2.92. The average Bonchev–Trinajstić information content (AvgIpc) is 2.34. The Kier molecular flexibility index (Phi) is 2.96. The highest BCUT2D eigenvalue weighted by Gasteiger charge is 2.35. The topological polar surface area (TPSA) is 79.5 Å². The highest BCUT2D eigenvalue weighted by atomic mass is 19.4. The number of benzene rings is 1. The zero-order chi connectivity index (χ0) is 15.2. The fourth-order valence-corrected chi connectivity index (χ4v) is 2.00. The van der Waals surface area contributed by atoms with Crippen molar-refractivity contribution in [2.24, 2.45) is 7.05 Å². The molecule has 0 aliphatic rings. The van der Waals surface area contributed by atoms with Crippen LogP contribution in [0.5, 0.6) is 5.75 Å². The summed E-state index contributed by atoms with van der Waals surface area (Å²) in [6.45, 7) is 0. The van der Waals surface area contributed by atoms with Crippen LogP contribution in [0.25, 0.3) is 10.9 Å². The maximum atomic E-state index is 12.9. The quantitative estimate of drug-likeness (QED) is 0.840. The number of nitrogens with zero attached hydrogens (tertiary/aromatic N) is 1. The maximum Gasteiger partial charge on any atom is 0.417 e. The lowest BCUT2D eigenvalue weighted by atomic mass is 10.0. The lowest BCUT2D eigenvalue weighted by Gasteiger charge is -2.14. The highest BCUT2D eigenvalue weighted by Crippen LogP contribution is 2.38. The number of fused-ring (bicyclic) bond motifs is 1. The summed E-state index contributed by atoms with van der Waals surface area (Å²) in [4.78, 5) is 22.7. The van der Waals surface area contributed by atoms with E-state index >= 15 is 0 Å². The third-order valence-corrected chi connectivity index (χ3v) is 2.92. The number of aromatic carboxylic acids is 1. The number of halogens is 3. The third kappa shape index (κ3) is 1.89. The van der Waals surface area contributed by atoms with Gasteiger partial charge < -0.3 is 14.8 Å². The van der Waals surface area contributed by atoms with Gasteiger partial charge in [0.15, 0.2) is 5.56 Å². The zero-order valence-electron chi connectivity index (χ0n) is 10.0. The molecular formula is C12H8F3NO4. The van der Waals surface area contributed by atoms with E-state index in [1.165, 1.54) is 6.07 Å². The van der Waals surface area contributed by atoms with Gasteiger partial charge in [0.25, 0.3) is 5.56 Å². The molecule has 1 aromatic carbocycles. The van der Waals surface area contributed by atoms with Crippen LogP contribution in [-0.4, -0.2) is 20.7 Å². The monoisotopic (exact) mass is 287 g/mol. The van der Waals surface area contributed by atoms with Crippen molar-refractivity contribution in [1.82, 2.24) is 4.57 Å². The maximum absolute atomic E-state index is 12.9. The summed E-state index contributed by atoms with van der Waals surface area (Å²) in [6.07, 6.45) is -4.79. The minimum Gasteiger partial charge on any atom is -0.506 e. The molecule has 0 spiro atoms. The number of carbonyl (C=O) groups is 1. The summed E-state index contributed by atoms with van der Waals surface area (Å²) >= 11 is 0. The summed E-state index contributed by atoms with van der Waals surface area (Å²) in [5.41, 5.74) is -3.57. The molecule has 2 rings (SSSR count). The second kappa shape index (κ2) is 4.26. The smallest absolute Gasteiger partial charge is 0.417 e. The van der Waals surface area contributed by atoms with Crippen LogP contribution in [-0.2, 0) is 13.2 Å². The lowest BCUT2D eigenvalue weighted by molar-refractivity contribution is -0.136. The van der Waals surface area contributed by atoms with E-state index in [4.69, 9.17) is 5.11 Å². The second-order valence-corrected chi connectivity index (χ2v) is 4.09. The molecule has 0 radical (unpaired) electrons. The van der Waals surface area contributed by atoms with Crippen molar-refractivity contribution in [3.05, 3.63) is 39.7 Å². The van der Waals surface area contributed by atoms with Crippen molar-refractivity contribution >= 4 is 16.9 Å². The van der Waals surface area contributed by atoms with Crippen molar-refractivity contribution in [3.63, 3.8) is 0 Å². The number of pyridine rings is 1. The van der Waals surface area contributed by atoms with Gasteiger partial charge in [0, 0.05) is 7.05 Å². The van der Waals surface area contributed by atoms with Gasteiger partial charge in [-0.3, -0.25) is 4.79 Å². The molecule has 20 heavy (non-hydrogen) atoms. The summed E-state index contributed by atoms with van der Waals surface area (Å²) in [6, 6.07) is 2.97. The van der Waals surface area contributed by atoms with Gasteiger partial charge in [0.1, 0.15) is 5.75 Å². The predicted molar refractivity (Wildman–Crippen MR) is 62.8 cm³/mol. The number of carboxylic acids is 1. The normalized spacial score (nSPS) is 11.8. The van der Waals surface area contributed by atoms with Gasteiger partial charge in [-0.25, -0.2) is 4.79 Å². The van der Waals surface area contributed by atoms with Gasteiger partial charge in [-0.05, 0) is 12.1 Å². The van der Waals surface area contributed by atoms with Crippen molar-refractivity contribution in [2.45, 2.75) is 6.18 Å². The van der Waals surface area contributed by atoms with Crippen LogP contribution in [0, 0.1) is 0 Å². The number of hydrogen-bond donors (Lipinski definition) is 2. The first kappa shape index (κ1) is 13.9. The van der Waals surface area contributed by atoms with Crippen molar-refractivity contribution in [3.8, 4) is 5.75 Å². The van der Waals surface area contributed by atoms with Crippen LogP contribution in [0.2, 0.25) is 0 Å². The van der Waals surface area contributed by atoms with E-state index in [-0.39, 0.29) is 5.52 Å². The molecule has 0 saturated carbocycles. The van der Waals surface area contributed by atoms with Gasteiger partial charge in [-0.2, -0.15) is 13.2 Å². The number of aryl methyl sites for hydroxylation is 1. The summed E-state index contributed by atoms with van der Waals surface area (Å²) in [7, 11) is 1.14. The molecule has 8 heteroatoms. The minimum absolute atomic E-state index is 0.202. The fraction of sp³-hybridized carbons (Fsp3) is 0.167. The van der Waals surface area contributed by atoms with Crippen molar-refractivity contribution < 1.29 is 28.2 Å². The molecule has 0 amide bonds. The lowest BCUT2D eigenvalue weighted by Crippen LogP contribution is -2.25. The number of rotatable bonds is 1. The van der Waals surface area contributed by atoms with Crippen LogP contribution in [0.4, 0.5) is 13.2 Å². The summed E-state index contributed by atoms with van der Waals surface area (Å²) in [5, 5.41) is 17.9. The van der Waals surface area contributed by atoms with Crippen molar-refractivity contribution in [1.29, 1.82) is 0 Å². The molecule has 0 bridgehead atoms. The van der Waals surface area contributed by atoms with E-state index in [2.05, 4.69) is 0 Å². The Morgan fingerprint density at radius 3 is 2.40 bits per heavy atom. The molecule has 0 fully saturated rings. The van der Waals surface area contributed by atoms with Crippen LogP contribution in [0.15, 0.2) is 23.0 Å². The first-order chi connectivity index (χ1) is 9.16. The standard InChI is InChI=1S/C12H8F3NO4/c1-16-6-4-2-3-5(12(13,14)15)7(6)9(17)8(10(16)18)11(19)20/h2-4,17H,1H3,(H,19,20). The molecule has 0 saturated heterocycles. The molecule has 1 heterocycles. The molecule has 0 atom stereocenters. The molecule has 0 aliphatic heterocycles. The molecule has 0 unspecified atom stereocenters. The Morgan fingerprint density at radius 1 is 1.30 bits per heavy atom. The highest BCUT2D eigenvalue weighted by molar-refractivity contribution is 6.00. The molecule has 5 nitrogen and oxygen atoms in total. The minimum atomic E-state index is -4.79. The van der Waals surface area contributed by atoms with E-state index in [0.717, 1.165) is 17.7 Å². The Balaban J connectivity index is 3.11. The van der Waals surface area contributed by atoms with Crippen LogP contribution < -0.4 is 5.56 Å². The Bertz CT molecular complexity index is 777. The molecule has 106 valence electrons. The molecule has 0 aliphatic carbocycles. The Morgan fingerprint density at radius 2 is 1.90 bits per heavy atom. The van der Waals surface area contributed by atoms with Gasteiger partial charge in [-0.15, -0.1) is 0 Å². The number of hydrogen-bond acceptors (Lipinski definition) is 3. The van der Waals surface area contributed by atoms with Gasteiger partial charge in [0.05, 0.1) is 16.5 Å². The number of carboxylic acid groups (broad SMARTS) is 1. The first-order valence-corrected chi connectivity index (χ1v) is 5.31. The largest absolute Gasteiger partial charge is 0.506 e. The summed E-state index contributed by atoms with van der Waals surface area (Å²) in [5.74, 6) is -2.97. The van der Waals surface area contributed by atoms with Crippen LogP contribution in [0.1, 0.15) is 15.9 Å². The zero-order valence-corrected chi connectivity index (χ0v) is 10.0. The summed E-state index contributed by atoms with van der Waals surface area (Å²) < 4.78 is 39.5. The number of aromatic hydroxyl groups is 1. The fourth-order valence-electron chi connectivity index (χ4n) is 2.00. The Hall–Kier alpha value is -2.51. The number of aromatic nitrogens is 1. The van der Waals surface area contributed by atoms with E-state index in [9.17, 15) is 27.9 Å². The number of alkyl halides is 3. The van der Waals surface area contributed by atoms with Gasteiger partial charge in [0.2, 0.25) is 0 Å². The van der Waals surface area contributed by atoms with E-state index in [0.29, 0.717) is 6.07 Å². The van der Waals surface area contributed by atoms with Crippen LogP contribution >= 0.6 is 0 Å². The Labute approximate surface area is 109 Å². The van der Waals surface area contributed by atoms with Crippen LogP contribution in [0.3, 0.4) is 0 Å².